The Morgan fingerprint density at radius 1 is 1.53 bits per heavy atom. The van der Waals surface area contributed by atoms with Crippen molar-refractivity contribution in [3.05, 3.63) is 23.6 Å². The van der Waals surface area contributed by atoms with Crippen molar-refractivity contribution < 1.29 is 0 Å². The third kappa shape index (κ3) is 2.00. The fraction of sp³-hybridized carbons (Fsp3) is 0.500. The van der Waals surface area contributed by atoms with E-state index in [-0.39, 0.29) is 0 Å². The number of rotatable bonds is 4. The van der Waals surface area contributed by atoms with Gasteiger partial charge < -0.3 is 9.88 Å². The summed E-state index contributed by atoms with van der Waals surface area (Å²) in [5.41, 5.74) is 2.27. The van der Waals surface area contributed by atoms with E-state index in [0.29, 0.717) is 12.1 Å². The summed E-state index contributed by atoms with van der Waals surface area (Å²) in [5, 5.41) is 6.41. The van der Waals surface area contributed by atoms with Gasteiger partial charge in [0.05, 0.1) is 23.9 Å². The molecule has 0 aromatic carbocycles. The fourth-order valence-corrected chi connectivity index (χ4v) is 2.79. The lowest BCUT2D eigenvalue weighted by Crippen LogP contribution is -2.12. The monoisotopic (exact) mass is 248 g/mol. The lowest BCUT2D eigenvalue weighted by molar-refractivity contribution is 0.637. The Hall–Kier alpha value is -1.20. The summed E-state index contributed by atoms with van der Waals surface area (Å²) in [4.78, 5) is 8.94. The molecule has 0 bridgehead atoms. The molecule has 2 heterocycles. The minimum atomic E-state index is 0.303. The van der Waals surface area contributed by atoms with E-state index < -0.39 is 0 Å². The Morgan fingerprint density at radius 2 is 2.35 bits per heavy atom. The zero-order valence-electron chi connectivity index (χ0n) is 10.1. The molecular formula is C12H16N4S. The van der Waals surface area contributed by atoms with Crippen LogP contribution in [0.5, 0.6) is 0 Å². The number of hydrogen-bond donors (Lipinski definition) is 1. The Labute approximate surface area is 105 Å². The highest BCUT2D eigenvalue weighted by Gasteiger charge is 2.26. The quantitative estimate of drug-likeness (QED) is 0.904. The van der Waals surface area contributed by atoms with Gasteiger partial charge in [-0.2, -0.15) is 0 Å². The molecule has 1 fully saturated rings. The summed E-state index contributed by atoms with van der Waals surface area (Å²) in [7, 11) is 1.96. The van der Waals surface area contributed by atoms with Gasteiger partial charge in [-0.15, -0.1) is 11.3 Å². The number of aromatic nitrogens is 3. The summed E-state index contributed by atoms with van der Waals surface area (Å²) in [6, 6.07) is 0.957. The van der Waals surface area contributed by atoms with Gasteiger partial charge in [0.15, 0.2) is 0 Å². The highest BCUT2D eigenvalue weighted by Crippen LogP contribution is 2.38. The number of hydrogen-bond acceptors (Lipinski definition) is 4. The van der Waals surface area contributed by atoms with E-state index in [0.717, 1.165) is 16.4 Å². The Bertz CT molecular complexity index is 512. The van der Waals surface area contributed by atoms with Gasteiger partial charge in [0.2, 0.25) is 0 Å². The van der Waals surface area contributed by atoms with Gasteiger partial charge in [-0.3, -0.25) is 0 Å². The van der Waals surface area contributed by atoms with E-state index in [1.54, 1.807) is 11.3 Å². The van der Waals surface area contributed by atoms with Crippen molar-refractivity contribution in [2.75, 3.05) is 7.05 Å². The van der Waals surface area contributed by atoms with Crippen LogP contribution in [0.4, 0.5) is 0 Å². The highest BCUT2D eigenvalue weighted by molar-refractivity contribution is 7.13. The van der Waals surface area contributed by atoms with Crippen molar-refractivity contribution in [2.24, 2.45) is 0 Å². The van der Waals surface area contributed by atoms with Crippen LogP contribution in [0, 0.1) is 0 Å². The maximum absolute atomic E-state index is 4.69. The maximum Gasteiger partial charge on any atom is 0.141 e. The highest BCUT2D eigenvalue weighted by atomic mass is 32.1. The van der Waals surface area contributed by atoms with Crippen molar-refractivity contribution in [1.82, 2.24) is 19.9 Å². The van der Waals surface area contributed by atoms with Crippen LogP contribution in [0.1, 0.15) is 37.5 Å². The van der Waals surface area contributed by atoms with E-state index in [2.05, 4.69) is 32.2 Å². The molecule has 1 unspecified atom stereocenters. The number of nitrogens with zero attached hydrogens (tertiary/aromatic N) is 3. The lowest BCUT2D eigenvalue weighted by atomic mass is 10.3. The minimum absolute atomic E-state index is 0.303. The average Bonchev–Trinajstić information content (AvgIpc) is 2.91. The summed E-state index contributed by atoms with van der Waals surface area (Å²) < 4.78 is 2.26. The first-order valence-corrected chi connectivity index (χ1v) is 6.82. The molecule has 17 heavy (non-hydrogen) atoms. The molecule has 90 valence electrons. The van der Waals surface area contributed by atoms with Crippen molar-refractivity contribution in [2.45, 2.75) is 31.8 Å². The first-order valence-electron chi connectivity index (χ1n) is 5.94. The van der Waals surface area contributed by atoms with E-state index in [9.17, 15) is 0 Å². The second kappa shape index (κ2) is 4.23. The number of thiazole rings is 1. The summed E-state index contributed by atoms with van der Waals surface area (Å²) in [6.45, 7) is 2.12. The summed E-state index contributed by atoms with van der Waals surface area (Å²) in [6.07, 6.45) is 6.39. The van der Waals surface area contributed by atoms with Crippen LogP contribution in [-0.4, -0.2) is 21.6 Å². The SMILES string of the molecule is CNC(C)c1csc(-c2cncn2C2CC2)n1. The molecule has 1 aliphatic carbocycles. The molecule has 1 saturated carbocycles. The van der Waals surface area contributed by atoms with Gasteiger partial charge >= 0.3 is 0 Å². The molecule has 1 aliphatic rings. The fourth-order valence-electron chi connectivity index (χ4n) is 1.86. The van der Waals surface area contributed by atoms with Crippen molar-refractivity contribution >= 4 is 11.3 Å². The van der Waals surface area contributed by atoms with Gasteiger partial charge in [0.25, 0.3) is 0 Å². The van der Waals surface area contributed by atoms with Crippen LogP contribution < -0.4 is 5.32 Å². The third-order valence-electron chi connectivity index (χ3n) is 3.22. The second-order valence-corrected chi connectivity index (χ2v) is 5.36. The molecule has 2 aromatic heterocycles. The largest absolute Gasteiger partial charge is 0.326 e. The van der Waals surface area contributed by atoms with Crippen molar-refractivity contribution in [1.29, 1.82) is 0 Å². The first-order chi connectivity index (χ1) is 8.29. The van der Waals surface area contributed by atoms with E-state index in [1.165, 1.54) is 12.8 Å². The summed E-state index contributed by atoms with van der Waals surface area (Å²) in [5.74, 6) is 0. The van der Waals surface area contributed by atoms with Gasteiger partial charge in [-0.1, -0.05) is 0 Å². The molecule has 0 amide bonds. The Kier molecular flexibility index (Phi) is 2.72. The molecule has 2 aromatic rings. The van der Waals surface area contributed by atoms with Gasteiger partial charge in [0.1, 0.15) is 5.01 Å². The molecule has 0 aliphatic heterocycles. The van der Waals surface area contributed by atoms with Gasteiger partial charge in [0, 0.05) is 17.5 Å². The van der Waals surface area contributed by atoms with Gasteiger partial charge in [-0.05, 0) is 26.8 Å². The van der Waals surface area contributed by atoms with Crippen LogP contribution in [-0.2, 0) is 0 Å². The van der Waals surface area contributed by atoms with Crippen LogP contribution in [0.2, 0.25) is 0 Å². The molecule has 0 radical (unpaired) electrons. The number of nitrogens with one attached hydrogen (secondary N) is 1. The van der Waals surface area contributed by atoms with E-state index in [4.69, 9.17) is 0 Å². The number of imidazole rings is 1. The second-order valence-electron chi connectivity index (χ2n) is 4.51. The molecule has 4 nitrogen and oxygen atoms in total. The molecule has 3 rings (SSSR count). The Morgan fingerprint density at radius 3 is 3.06 bits per heavy atom. The molecule has 5 heteroatoms. The molecule has 0 spiro atoms. The van der Waals surface area contributed by atoms with Crippen LogP contribution >= 0.6 is 11.3 Å². The smallest absolute Gasteiger partial charge is 0.141 e. The van der Waals surface area contributed by atoms with Crippen LogP contribution in [0.15, 0.2) is 17.9 Å². The van der Waals surface area contributed by atoms with Crippen LogP contribution in [0.3, 0.4) is 0 Å². The predicted molar refractivity (Wildman–Crippen MR) is 69.1 cm³/mol. The van der Waals surface area contributed by atoms with Crippen molar-refractivity contribution in [3.63, 3.8) is 0 Å². The lowest BCUT2D eigenvalue weighted by Gasteiger charge is -2.05. The Balaban J connectivity index is 1.92. The van der Waals surface area contributed by atoms with Crippen LogP contribution in [0.25, 0.3) is 10.7 Å². The van der Waals surface area contributed by atoms with Gasteiger partial charge in [-0.25, -0.2) is 9.97 Å². The van der Waals surface area contributed by atoms with Crippen molar-refractivity contribution in [3.8, 4) is 10.7 Å². The summed E-state index contributed by atoms with van der Waals surface area (Å²) >= 11 is 1.70. The molecule has 1 N–H and O–H groups in total. The van der Waals surface area contributed by atoms with E-state index in [1.807, 2.05) is 19.6 Å². The predicted octanol–water partition coefficient (Wildman–Crippen LogP) is 2.62. The molecule has 0 saturated heterocycles. The third-order valence-corrected chi connectivity index (χ3v) is 4.11. The molecule has 1 atom stereocenters. The normalized spacial score (nSPS) is 17.3. The van der Waals surface area contributed by atoms with E-state index >= 15 is 0 Å². The zero-order valence-corrected chi connectivity index (χ0v) is 10.9. The minimum Gasteiger partial charge on any atom is -0.326 e. The maximum atomic E-state index is 4.69. The topological polar surface area (TPSA) is 42.7 Å². The average molecular weight is 248 g/mol. The molecular weight excluding hydrogens is 232 g/mol. The first kappa shape index (κ1) is 10.9. The standard InChI is InChI=1S/C12H16N4S/c1-8(13-2)10-6-17-12(15-10)11-5-14-7-16(11)9-3-4-9/h5-9,13H,3-4H2,1-2H3. The zero-order chi connectivity index (χ0) is 11.8.